The van der Waals surface area contributed by atoms with Gasteiger partial charge in [0, 0.05) is 22.9 Å². The minimum atomic E-state index is -2.53. The van der Waals surface area contributed by atoms with Crippen LogP contribution in [0.1, 0.15) is 16.9 Å². The lowest BCUT2D eigenvalue weighted by atomic mass is 10.1. The van der Waals surface area contributed by atoms with Crippen molar-refractivity contribution < 1.29 is 8.78 Å². The molecule has 19 heavy (non-hydrogen) atoms. The molecule has 3 nitrogen and oxygen atoms in total. The summed E-state index contributed by atoms with van der Waals surface area (Å²) in [6, 6.07) is 5.32. The molecular weight excluding hydrogens is 268 g/mol. The number of alkyl halides is 2. The highest BCUT2D eigenvalue weighted by molar-refractivity contribution is 7.15. The minimum absolute atomic E-state index is 0.0147. The molecule has 0 atom stereocenters. The van der Waals surface area contributed by atoms with E-state index in [0.29, 0.717) is 16.7 Å². The van der Waals surface area contributed by atoms with E-state index < -0.39 is 6.43 Å². The molecule has 0 saturated heterocycles. The maximum Gasteiger partial charge on any atom is 0.264 e. The van der Waals surface area contributed by atoms with Gasteiger partial charge in [-0.1, -0.05) is 0 Å². The van der Waals surface area contributed by atoms with Gasteiger partial charge in [-0.05, 0) is 25.1 Å². The third-order valence-corrected chi connectivity index (χ3v) is 3.99. The molecule has 0 unspecified atom stereocenters. The van der Waals surface area contributed by atoms with Crippen LogP contribution in [0, 0.1) is 6.92 Å². The van der Waals surface area contributed by atoms with Crippen LogP contribution in [0.2, 0.25) is 0 Å². The summed E-state index contributed by atoms with van der Waals surface area (Å²) < 4.78 is 27.8. The van der Waals surface area contributed by atoms with Crippen LogP contribution in [-0.4, -0.2) is 14.8 Å². The number of fused-ring (bicyclic) bond motifs is 1. The van der Waals surface area contributed by atoms with Crippen molar-refractivity contribution in [2.45, 2.75) is 13.3 Å². The van der Waals surface area contributed by atoms with E-state index in [1.165, 1.54) is 16.9 Å². The molecule has 0 amide bonds. The van der Waals surface area contributed by atoms with Gasteiger partial charge in [0.25, 0.3) is 6.43 Å². The van der Waals surface area contributed by atoms with Crippen LogP contribution in [0.4, 0.5) is 8.78 Å². The van der Waals surface area contributed by atoms with Crippen LogP contribution in [-0.2, 0) is 7.05 Å². The predicted octanol–water partition coefficient (Wildman–Crippen LogP) is 3.94. The molecule has 0 aliphatic carbocycles. The zero-order valence-electron chi connectivity index (χ0n) is 10.4. The summed E-state index contributed by atoms with van der Waals surface area (Å²) in [6.45, 7) is 1.98. The van der Waals surface area contributed by atoms with Gasteiger partial charge >= 0.3 is 0 Å². The van der Waals surface area contributed by atoms with Gasteiger partial charge in [0.15, 0.2) is 5.65 Å². The van der Waals surface area contributed by atoms with Crippen molar-refractivity contribution in [2.75, 3.05) is 0 Å². The first-order chi connectivity index (χ1) is 9.06. The number of pyridine rings is 1. The Balaban J connectivity index is 2.29. The number of hydrogen-bond acceptors (Lipinski definition) is 3. The van der Waals surface area contributed by atoms with Crippen molar-refractivity contribution in [1.82, 2.24) is 14.8 Å². The Labute approximate surface area is 112 Å². The molecule has 3 aromatic heterocycles. The van der Waals surface area contributed by atoms with Crippen molar-refractivity contribution in [3.63, 3.8) is 0 Å². The van der Waals surface area contributed by atoms with Crippen LogP contribution < -0.4 is 0 Å². The van der Waals surface area contributed by atoms with Crippen LogP contribution >= 0.6 is 11.3 Å². The lowest BCUT2D eigenvalue weighted by Crippen LogP contribution is -1.95. The molecule has 3 rings (SSSR count). The summed E-state index contributed by atoms with van der Waals surface area (Å²) in [5.41, 5.74) is 1.04. The summed E-state index contributed by atoms with van der Waals surface area (Å²) >= 11 is 1.54. The SMILES string of the molecule is Cc1ccc(-c2cc(C(F)F)c3cnn(C)c3n2)s1. The molecule has 0 bridgehead atoms. The summed E-state index contributed by atoms with van der Waals surface area (Å²) in [6.07, 6.45) is -1.10. The van der Waals surface area contributed by atoms with Crippen molar-refractivity contribution in [3.8, 4) is 10.6 Å². The topological polar surface area (TPSA) is 30.7 Å². The molecule has 98 valence electrons. The number of halogens is 2. The number of aryl methyl sites for hydroxylation is 2. The number of thiophene rings is 1. The van der Waals surface area contributed by atoms with Crippen molar-refractivity contribution >= 4 is 22.4 Å². The molecule has 6 heteroatoms. The number of aromatic nitrogens is 3. The normalized spacial score (nSPS) is 11.6. The molecule has 0 aliphatic heterocycles. The second-order valence-electron chi connectivity index (χ2n) is 4.31. The summed E-state index contributed by atoms with van der Waals surface area (Å²) in [5.74, 6) is 0. The summed E-state index contributed by atoms with van der Waals surface area (Å²) in [5, 5.41) is 4.41. The Morgan fingerprint density at radius 2 is 2.11 bits per heavy atom. The third kappa shape index (κ3) is 2.02. The van der Waals surface area contributed by atoms with E-state index in [4.69, 9.17) is 0 Å². The van der Waals surface area contributed by atoms with Gasteiger partial charge in [-0.15, -0.1) is 11.3 Å². The standard InChI is InChI=1S/C13H11F2N3S/c1-7-3-4-11(19-7)10-5-8(12(14)15)9-6-16-18(2)13(9)17-10/h3-6,12H,1-2H3. The fraction of sp³-hybridized carbons (Fsp3) is 0.231. The van der Waals surface area contributed by atoms with E-state index in [1.54, 1.807) is 18.4 Å². The fourth-order valence-electron chi connectivity index (χ4n) is 2.02. The van der Waals surface area contributed by atoms with Gasteiger partial charge < -0.3 is 0 Å². The highest BCUT2D eigenvalue weighted by Crippen LogP contribution is 2.33. The number of hydrogen-bond donors (Lipinski definition) is 0. The quantitative estimate of drug-likeness (QED) is 0.711. The molecule has 0 radical (unpaired) electrons. The Kier molecular flexibility index (Phi) is 2.82. The molecule has 0 N–H and O–H groups in total. The van der Waals surface area contributed by atoms with Crippen molar-refractivity contribution in [3.05, 3.63) is 34.8 Å². The van der Waals surface area contributed by atoms with Gasteiger partial charge in [-0.3, -0.25) is 4.68 Å². The number of rotatable bonds is 2. The average Bonchev–Trinajstić information content (AvgIpc) is 2.95. The zero-order chi connectivity index (χ0) is 13.6. The Morgan fingerprint density at radius 3 is 2.74 bits per heavy atom. The largest absolute Gasteiger partial charge is 0.264 e. The van der Waals surface area contributed by atoms with Crippen LogP contribution in [0.25, 0.3) is 21.6 Å². The minimum Gasteiger partial charge on any atom is -0.250 e. The van der Waals surface area contributed by atoms with E-state index in [9.17, 15) is 8.78 Å². The summed E-state index contributed by atoms with van der Waals surface area (Å²) in [7, 11) is 1.70. The highest BCUT2D eigenvalue weighted by atomic mass is 32.1. The Bertz CT molecular complexity index is 746. The van der Waals surface area contributed by atoms with Gasteiger partial charge in [-0.2, -0.15) is 5.10 Å². The molecular formula is C13H11F2N3S. The van der Waals surface area contributed by atoms with E-state index in [-0.39, 0.29) is 5.56 Å². The first-order valence-corrected chi connectivity index (χ1v) is 6.55. The molecule has 0 fully saturated rings. The maximum absolute atomic E-state index is 13.1. The number of nitrogens with zero attached hydrogens (tertiary/aromatic N) is 3. The van der Waals surface area contributed by atoms with E-state index >= 15 is 0 Å². The second-order valence-corrected chi connectivity index (χ2v) is 5.60. The zero-order valence-corrected chi connectivity index (χ0v) is 11.2. The van der Waals surface area contributed by atoms with Gasteiger partial charge in [-0.25, -0.2) is 13.8 Å². The summed E-state index contributed by atoms with van der Waals surface area (Å²) in [4.78, 5) is 6.46. The smallest absolute Gasteiger partial charge is 0.250 e. The molecule has 3 aromatic rings. The van der Waals surface area contributed by atoms with Crippen LogP contribution in [0.3, 0.4) is 0 Å². The Hall–Kier alpha value is -1.82. The Morgan fingerprint density at radius 1 is 1.32 bits per heavy atom. The lowest BCUT2D eigenvalue weighted by molar-refractivity contribution is 0.153. The second kappa shape index (κ2) is 4.38. The first kappa shape index (κ1) is 12.2. The monoisotopic (exact) mass is 279 g/mol. The van der Waals surface area contributed by atoms with Crippen LogP contribution in [0.5, 0.6) is 0 Å². The molecule has 0 spiro atoms. The lowest BCUT2D eigenvalue weighted by Gasteiger charge is -2.05. The van der Waals surface area contributed by atoms with Gasteiger partial charge in [0.2, 0.25) is 0 Å². The fourth-order valence-corrected chi connectivity index (χ4v) is 2.85. The highest BCUT2D eigenvalue weighted by Gasteiger charge is 2.17. The van der Waals surface area contributed by atoms with Crippen LogP contribution in [0.15, 0.2) is 24.4 Å². The van der Waals surface area contributed by atoms with E-state index in [0.717, 1.165) is 9.75 Å². The average molecular weight is 279 g/mol. The van der Waals surface area contributed by atoms with Crippen molar-refractivity contribution in [1.29, 1.82) is 0 Å². The van der Waals surface area contributed by atoms with Gasteiger partial charge in [0.05, 0.1) is 16.8 Å². The molecule has 0 aromatic carbocycles. The van der Waals surface area contributed by atoms with Gasteiger partial charge in [0.1, 0.15) is 0 Å². The van der Waals surface area contributed by atoms with E-state index in [2.05, 4.69) is 10.1 Å². The third-order valence-electron chi connectivity index (χ3n) is 2.96. The molecule has 0 saturated carbocycles. The molecule has 3 heterocycles. The van der Waals surface area contributed by atoms with Crippen molar-refractivity contribution in [2.24, 2.45) is 7.05 Å². The predicted molar refractivity (Wildman–Crippen MR) is 71.5 cm³/mol. The maximum atomic E-state index is 13.1. The molecule has 0 aliphatic rings. The van der Waals surface area contributed by atoms with E-state index in [1.807, 2.05) is 19.1 Å². The first-order valence-electron chi connectivity index (χ1n) is 5.74.